The SMILES string of the molecule is COc1ccc(CN/C(C)=C\C=C\Br)c(OC)c1. The van der Waals surface area contributed by atoms with Crippen molar-refractivity contribution in [2.24, 2.45) is 0 Å². The molecule has 0 aliphatic carbocycles. The first-order valence-electron chi connectivity index (χ1n) is 5.59. The molecule has 1 aromatic carbocycles. The van der Waals surface area contributed by atoms with Crippen LogP contribution < -0.4 is 14.8 Å². The molecule has 1 aromatic rings. The van der Waals surface area contributed by atoms with Crippen molar-refractivity contribution in [1.29, 1.82) is 0 Å². The first-order chi connectivity index (χ1) is 8.71. The fourth-order valence-corrected chi connectivity index (χ4v) is 1.62. The monoisotopic (exact) mass is 311 g/mol. The summed E-state index contributed by atoms with van der Waals surface area (Å²) in [5.41, 5.74) is 2.18. The van der Waals surface area contributed by atoms with Gasteiger partial charge in [-0.15, -0.1) is 0 Å². The minimum atomic E-state index is 0.714. The molecular formula is C14H18BrNO2. The zero-order valence-electron chi connectivity index (χ0n) is 10.9. The van der Waals surface area contributed by atoms with Crippen molar-refractivity contribution in [3.63, 3.8) is 0 Å². The highest BCUT2D eigenvalue weighted by molar-refractivity contribution is 9.11. The van der Waals surface area contributed by atoms with Crippen molar-refractivity contribution in [2.75, 3.05) is 14.2 Å². The van der Waals surface area contributed by atoms with Crippen LogP contribution in [0.1, 0.15) is 12.5 Å². The normalized spacial score (nSPS) is 11.7. The molecule has 0 saturated heterocycles. The van der Waals surface area contributed by atoms with Crippen LogP contribution in [0.4, 0.5) is 0 Å². The molecule has 18 heavy (non-hydrogen) atoms. The Hall–Kier alpha value is -1.42. The third kappa shape index (κ3) is 4.45. The summed E-state index contributed by atoms with van der Waals surface area (Å²) in [6.07, 6.45) is 3.92. The number of nitrogens with one attached hydrogen (secondary N) is 1. The minimum absolute atomic E-state index is 0.714. The number of hydrogen-bond donors (Lipinski definition) is 1. The van der Waals surface area contributed by atoms with Crippen LogP contribution in [0.15, 0.2) is 41.0 Å². The van der Waals surface area contributed by atoms with Crippen molar-refractivity contribution in [2.45, 2.75) is 13.5 Å². The van der Waals surface area contributed by atoms with Gasteiger partial charge in [0.25, 0.3) is 0 Å². The minimum Gasteiger partial charge on any atom is -0.497 e. The molecule has 0 spiro atoms. The Morgan fingerprint density at radius 3 is 2.72 bits per heavy atom. The van der Waals surface area contributed by atoms with E-state index in [1.807, 2.05) is 42.3 Å². The van der Waals surface area contributed by atoms with E-state index in [9.17, 15) is 0 Å². The topological polar surface area (TPSA) is 30.5 Å². The van der Waals surface area contributed by atoms with Crippen LogP contribution in [-0.2, 0) is 6.54 Å². The van der Waals surface area contributed by atoms with Crippen LogP contribution >= 0.6 is 15.9 Å². The van der Waals surface area contributed by atoms with Crippen LogP contribution in [0, 0.1) is 0 Å². The fourth-order valence-electron chi connectivity index (χ4n) is 1.47. The Labute approximate surface area is 117 Å². The third-order valence-electron chi connectivity index (χ3n) is 2.47. The van der Waals surface area contributed by atoms with E-state index in [1.165, 1.54) is 0 Å². The molecule has 4 heteroatoms. The number of rotatable bonds is 6. The molecule has 0 bridgehead atoms. The van der Waals surface area contributed by atoms with Crippen molar-refractivity contribution in [3.8, 4) is 11.5 Å². The number of methoxy groups -OCH3 is 2. The molecule has 1 N–H and O–H groups in total. The summed E-state index contributed by atoms with van der Waals surface area (Å²) in [6, 6.07) is 5.81. The zero-order valence-corrected chi connectivity index (χ0v) is 12.5. The highest BCUT2D eigenvalue weighted by atomic mass is 79.9. The second-order valence-corrected chi connectivity index (χ2v) is 4.23. The van der Waals surface area contributed by atoms with Gasteiger partial charge in [-0.2, -0.15) is 0 Å². The number of halogens is 1. The van der Waals surface area contributed by atoms with Gasteiger partial charge in [0.15, 0.2) is 0 Å². The summed E-state index contributed by atoms with van der Waals surface area (Å²) >= 11 is 3.23. The number of hydrogen-bond acceptors (Lipinski definition) is 3. The maximum absolute atomic E-state index is 5.34. The molecule has 0 atom stereocenters. The summed E-state index contributed by atoms with van der Waals surface area (Å²) in [4.78, 5) is 1.81. The summed E-state index contributed by atoms with van der Waals surface area (Å²) in [7, 11) is 3.31. The Morgan fingerprint density at radius 1 is 1.33 bits per heavy atom. The Kier molecular flexibility index (Phi) is 6.36. The smallest absolute Gasteiger partial charge is 0.127 e. The van der Waals surface area contributed by atoms with E-state index in [1.54, 1.807) is 14.2 Å². The van der Waals surface area contributed by atoms with Gasteiger partial charge in [-0.1, -0.05) is 22.0 Å². The average Bonchev–Trinajstić information content (AvgIpc) is 2.42. The summed E-state index contributed by atoms with van der Waals surface area (Å²) < 4.78 is 10.5. The van der Waals surface area contributed by atoms with E-state index in [2.05, 4.69) is 21.2 Å². The molecule has 0 aliphatic rings. The van der Waals surface area contributed by atoms with Gasteiger partial charge in [0.1, 0.15) is 11.5 Å². The van der Waals surface area contributed by atoms with E-state index >= 15 is 0 Å². The molecule has 0 fully saturated rings. The molecule has 3 nitrogen and oxygen atoms in total. The van der Waals surface area contributed by atoms with Gasteiger partial charge in [-0.05, 0) is 30.1 Å². The first kappa shape index (κ1) is 14.6. The molecule has 0 aliphatic heterocycles. The number of benzene rings is 1. The second-order valence-electron chi connectivity index (χ2n) is 3.70. The largest absolute Gasteiger partial charge is 0.497 e. The van der Waals surface area contributed by atoms with Crippen LogP contribution in [0.25, 0.3) is 0 Å². The van der Waals surface area contributed by atoms with Gasteiger partial charge in [0, 0.05) is 23.9 Å². The quantitative estimate of drug-likeness (QED) is 0.814. The van der Waals surface area contributed by atoms with Gasteiger partial charge < -0.3 is 14.8 Å². The summed E-state index contributed by atoms with van der Waals surface area (Å²) in [5, 5.41) is 3.31. The van der Waals surface area contributed by atoms with Crippen molar-refractivity contribution in [1.82, 2.24) is 5.32 Å². The van der Waals surface area contributed by atoms with E-state index in [0.29, 0.717) is 6.54 Å². The van der Waals surface area contributed by atoms with Crippen LogP contribution in [-0.4, -0.2) is 14.2 Å². The van der Waals surface area contributed by atoms with Crippen LogP contribution in [0.3, 0.4) is 0 Å². The highest BCUT2D eigenvalue weighted by Gasteiger charge is 2.04. The predicted octanol–water partition coefficient (Wildman–Crippen LogP) is 3.61. The second kappa shape index (κ2) is 7.82. The Morgan fingerprint density at radius 2 is 2.11 bits per heavy atom. The molecule has 0 amide bonds. The average molecular weight is 312 g/mol. The fraction of sp³-hybridized carbons (Fsp3) is 0.286. The van der Waals surface area contributed by atoms with Crippen LogP contribution in [0.5, 0.6) is 11.5 Å². The first-order valence-corrected chi connectivity index (χ1v) is 6.51. The zero-order chi connectivity index (χ0) is 13.4. The molecule has 0 radical (unpaired) electrons. The lowest BCUT2D eigenvalue weighted by molar-refractivity contribution is 0.390. The van der Waals surface area contributed by atoms with Gasteiger partial charge in [0.05, 0.1) is 14.2 Å². The van der Waals surface area contributed by atoms with Crippen molar-refractivity contribution >= 4 is 15.9 Å². The Balaban J connectivity index is 2.72. The molecule has 98 valence electrons. The molecule has 0 unspecified atom stereocenters. The Bertz CT molecular complexity index is 441. The van der Waals surface area contributed by atoms with Gasteiger partial charge >= 0.3 is 0 Å². The summed E-state index contributed by atoms with van der Waals surface area (Å²) in [5.74, 6) is 1.62. The summed E-state index contributed by atoms with van der Waals surface area (Å²) in [6.45, 7) is 2.73. The lowest BCUT2D eigenvalue weighted by atomic mass is 10.2. The predicted molar refractivity (Wildman–Crippen MR) is 78.2 cm³/mol. The maximum Gasteiger partial charge on any atom is 0.127 e. The third-order valence-corrected chi connectivity index (χ3v) is 2.78. The molecule has 1 rings (SSSR count). The standard InChI is InChI=1S/C14H18BrNO2/c1-11(5-4-8-15)16-10-12-6-7-13(17-2)9-14(12)18-3/h4-9,16H,10H2,1-3H3/b8-4+,11-5-. The number of allylic oxidation sites excluding steroid dienone is 3. The van der Waals surface area contributed by atoms with Crippen molar-refractivity contribution in [3.05, 3.63) is 46.6 Å². The van der Waals surface area contributed by atoms with E-state index in [-0.39, 0.29) is 0 Å². The van der Waals surface area contributed by atoms with Gasteiger partial charge in [-0.3, -0.25) is 0 Å². The lowest BCUT2D eigenvalue weighted by Gasteiger charge is -2.12. The molecule has 0 saturated carbocycles. The van der Waals surface area contributed by atoms with E-state index in [0.717, 1.165) is 22.8 Å². The molecular weight excluding hydrogens is 294 g/mol. The number of ether oxygens (including phenoxy) is 2. The molecule has 0 aromatic heterocycles. The van der Waals surface area contributed by atoms with Gasteiger partial charge in [-0.25, -0.2) is 0 Å². The van der Waals surface area contributed by atoms with E-state index in [4.69, 9.17) is 9.47 Å². The maximum atomic E-state index is 5.34. The van der Waals surface area contributed by atoms with Gasteiger partial charge in [0.2, 0.25) is 0 Å². The van der Waals surface area contributed by atoms with Crippen molar-refractivity contribution < 1.29 is 9.47 Å². The highest BCUT2D eigenvalue weighted by Crippen LogP contribution is 2.24. The van der Waals surface area contributed by atoms with Crippen LogP contribution in [0.2, 0.25) is 0 Å². The lowest BCUT2D eigenvalue weighted by Crippen LogP contribution is -2.11. The van der Waals surface area contributed by atoms with E-state index < -0.39 is 0 Å². The molecule has 0 heterocycles.